The number of rotatable bonds is 7. The molecule has 1 saturated carbocycles. The number of hydrogen-bond acceptors (Lipinski definition) is 5. The van der Waals surface area contributed by atoms with Crippen LogP contribution in [0.25, 0.3) is 0 Å². The summed E-state index contributed by atoms with van der Waals surface area (Å²) < 4.78 is 33.6. The third-order valence-corrected chi connectivity index (χ3v) is 6.21. The molecule has 1 fully saturated rings. The summed E-state index contributed by atoms with van der Waals surface area (Å²) in [7, 11) is -2.15. The number of aliphatic hydroxyl groups excluding tert-OH is 1. The predicted octanol–water partition coefficient (Wildman–Crippen LogP) is 0.566. The van der Waals surface area contributed by atoms with Gasteiger partial charge in [0, 0.05) is 25.6 Å². The van der Waals surface area contributed by atoms with Crippen LogP contribution in [0.4, 0.5) is 0 Å². The van der Waals surface area contributed by atoms with Crippen LogP contribution in [0, 0.1) is 12.8 Å². The molecule has 1 amide bonds. The molecule has 0 spiro atoms. The molecule has 25 heavy (non-hydrogen) atoms. The summed E-state index contributed by atoms with van der Waals surface area (Å²) in [5.74, 6) is -0.466. The van der Waals surface area contributed by atoms with E-state index in [0.717, 1.165) is 0 Å². The van der Waals surface area contributed by atoms with Crippen molar-refractivity contribution in [2.24, 2.45) is 5.92 Å². The van der Waals surface area contributed by atoms with Crippen LogP contribution < -0.4 is 10.0 Å². The minimum absolute atomic E-state index is 0.123. The summed E-state index contributed by atoms with van der Waals surface area (Å²) >= 11 is 0. The van der Waals surface area contributed by atoms with E-state index in [-0.39, 0.29) is 36.0 Å². The molecular formula is C17H26N2O5S. The van der Waals surface area contributed by atoms with Crippen LogP contribution in [0.1, 0.15) is 24.8 Å². The van der Waals surface area contributed by atoms with Crippen molar-refractivity contribution in [2.45, 2.75) is 43.2 Å². The molecule has 0 aliphatic heterocycles. The van der Waals surface area contributed by atoms with Gasteiger partial charge in [-0.15, -0.1) is 0 Å². The van der Waals surface area contributed by atoms with Gasteiger partial charge in [0.25, 0.3) is 0 Å². The van der Waals surface area contributed by atoms with Gasteiger partial charge >= 0.3 is 0 Å². The van der Waals surface area contributed by atoms with Crippen LogP contribution in [0.15, 0.2) is 29.2 Å². The second-order valence-corrected chi connectivity index (χ2v) is 7.97. The lowest BCUT2D eigenvalue weighted by molar-refractivity contribution is -0.127. The first kappa shape index (κ1) is 19.8. The second kappa shape index (κ2) is 8.75. The number of carbonyl (C=O) groups excluding carboxylic acids is 1. The van der Waals surface area contributed by atoms with Crippen molar-refractivity contribution in [1.82, 2.24) is 10.0 Å². The average molecular weight is 370 g/mol. The first-order valence-electron chi connectivity index (χ1n) is 8.38. The minimum atomic E-state index is -3.70. The van der Waals surface area contributed by atoms with Crippen molar-refractivity contribution in [1.29, 1.82) is 0 Å². The predicted molar refractivity (Wildman–Crippen MR) is 93.5 cm³/mol. The Morgan fingerprint density at radius 3 is 2.68 bits per heavy atom. The molecule has 140 valence electrons. The van der Waals surface area contributed by atoms with E-state index in [0.29, 0.717) is 24.8 Å². The number of benzene rings is 1. The van der Waals surface area contributed by atoms with Gasteiger partial charge in [0.15, 0.2) is 0 Å². The van der Waals surface area contributed by atoms with Crippen LogP contribution in [0.5, 0.6) is 0 Å². The maximum atomic E-state index is 12.7. The monoisotopic (exact) mass is 370 g/mol. The maximum absolute atomic E-state index is 12.7. The number of sulfonamides is 1. The third-order valence-electron chi connectivity index (χ3n) is 4.56. The van der Waals surface area contributed by atoms with Crippen molar-refractivity contribution >= 4 is 15.9 Å². The lowest BCUT2D eigenvalue weighted by Crippen LogP contribution is -2.50. The first-order chi connectivity index (χ1) is 11.9. The van der Waals surface area contributed by atoms with Gasteiger partial charge in [-0.1, -0.05) is 18.2 Å². The number of methoxy groups -OCH3 is 1. The largest absolute Gasteiger partial charge is 0.395 e. The molecule has 0 heterocycles. The fourth-order valence-corrected chi connectivity index (χ4v) is 4.75. The van der Waals surface area contributed by atoms with Crippen molar-refractivity contribution in [3.05, 3.63) is 29.8 Å². The molecule has 0 radical (unpaired) electrons. The van der Waals surface area contributed by atoms with E-state index < -0.39 is 16.1 Å². The number of nitrogens with one attached hydrogen (secondary N) is 2. The highest BCUT2D eigenvalue weighted by Gasteiger charge is 2.36. The number of ether oxygens (including phenoxy) is 1. The van der Waals surface area contributed by atoms with Crippen LogP contribution >= 0.6 is 0 Å². The van der Waals surface area contributed by atoms with Gasteiger partial charge < -0.3 is 15.2 Å². The lowest BCUT2D eigenvalue weighted by atomic mass is 9.83. The van der Waals surface area contributed by atoms with E-state index in [1.165, 1.54) is 0 Å². The fourth-order valence-electron chi connectivity index (χ4n) is 3.23. The lowest BCUT2D eigenvalue weighted by Gasteiger charge is -2.35. The molecule has 1 aromatic rings. The highest BCUT2D eigenvalue weighted by Crippen LogP contribution is 2.28. The van der Waals surface area contributed by atoms with Gasteiger partial charge in [0.2, 0.25) is 15.9 Å². The normalized spacial score (nSPS) is 24.0. The van der Waals surface area contributed by atoms with Crippen LogP contribution in [-0.2, 0) is 19.6 Å². The number of aliphatic hydroxyl groups is 1. The highest BCUT2D eigenvalue weighted by molar-refractivity contribution is 7.89. The molecular weight excluding hydrogens is 344 g/mol. The van der Waals surface area contributed by atoms with Gasteiger partial charge in [-0.2, -0.15) is 0 Å². The Balaban J connectivity index is 2.14. The first-order valence-corrected chi connectivity index (χ1v) is 9.86. The molecule has 7 nitrogen and oxygen atoms in total. The SMILES string of the molecule is CO[C@@H]1CC[C@H](C(=O)NCCO)C[C@H]1NS(=O)(=O)c1ccccc1C. The molecule has 0 bridgehead atoms. The Kier molecular flexibility index (Phi) is 6.95. The zero-order chi connectivity index (χ0) is 18.4. The van der Waals surface area contributed by atoms with E-state index in [1.807, 2.05) is 0 Å². The zero-order valence-corrected chi connectivity index (χ0v) is 15.4. The van der Waals surface area contributed by atoms with Gasteiger partial charge in [0.05, 0.1) is 17.6 Å². The molecule has 3 N–H and O–H groups in total. The molecule has 8 heteroatoms. The van der Waals surface area contributed by atoms with E-state index in [4.69, 9.17) is 9.84 Å². The smallest absolute Gasteiger partial charge is 0.241 e. The second-order valence-electron chi connectivity index (χ2n) is 6.29. The maximum Gasteiger partial charge on any atom is 0.241 e. The molecule has 0 aromatic heterocycles. The van der Waals surface area contributed by atoms with E-state index in [1.54, 1.807) is 38.3 Å². The number of carbonyl (C=O) groups is 1. The third kappa shape index (κ3) is 5.01. The zero-order valence-electron chi connectivity index (χ0n) is 14.6. The van der Waals surface area contributed by atoms with E-state index in [9.17, 15) is 13.2 Å². The van der Waals surface area contributed by atoms with Crippen LogP contribution in [0.3, 0.4) is 0 Å². The van der Waals surface area contributed by atoms with E-state index >= 15 is 0 Å². The summed E-state index contributed by atoms with van der Waals surface area (Å²) in [5, 5.41) is 11.5. The standard InChI is InChI=1S/C17H26N2O5S/c1-12-5-3-4-6-16(12)25(22,23)19-14-11-13(7-8-15(14)24-2)17(21)18-9-10-20/h3-6,13-15,19-20H,7-11H2,1-2H3,(H,18,21)/t13-,14+,15+/m0/s1. The van der Waals surface area contributed by atoms with Crippen molar-refractivity contribution in [3.63, 3.8) is 0 Å². The van der Waals surface area contributed by atoms with Gasteiger partial charge in [-0.05, 0) is 37.8 Å². The minimum Gasteiger partial charge on any atom is -0.395 e. The number of aryl methyl sites for hydroxylation is 1. The topological polar surface area (TPSA) is 105 Å². The highest BCUT2D eigenvalue weighted by atomic mass is 32.2. The summed E-state index contributed by atoms with van der Waals surface area (Å²) in [6.45, 7) is 1.82. The van der Waals surface area contributed by atoms with E-state index in [2.05, 4.69) is 10.0 Å². The van der Waals surface area contributed by atoms with Gasteiger partial charge in [-0.3, -0.25) is 4.79 Å². The quantitative estimate of drug-likeness (QED) is 0.651. The molecule has 1 aliphatic carbocycles. The van der Waals surface area contributed by atoms with Crippen LogP contribution in [0.2, 0.25) is 0 Å². The van der Waals surface area contributed by atoms with Crippen molar-refractivity contribution < 1.29 is 23.1 Å². The Morgan fingerprint density at radius 2 is 2.04 bits per heavy atom. The van der Waals surface area contributed by atoms with Gasteiger partial charge in [-0.25, -0.2) is 13.1 Å². The Hall–Kier alpha value is -1.48. The van der Waals surface area contributed by atoms with Crippen LogP contribution in [-0.4, -0.2) is 51.8 Å². The Morgan fingerprint density at radius 1 is 1.32 bits per heavy atom. The molecule has 0 saturated heterocycles. The summed E-state index contributed by atoms with van der Waals surface area (Å²) in [5.41, 5.74) is 0.664. The molecule has 2 rings (SSSR count). The number of hydrogen-bond donors (Lipinski definition) is 3. The van der Waals surface area contributed by atoms with Crippen molar-refractivity contribution in [2.75, 3.05) is 20.3 Å². The molecule has 3 atom stereocenters. The van der Waals surface area contributed by atoms with Crippen molar-refractivity contribution in [3.8, 4) is 0 Å². The van der Waals surface area contributed by atoms with Gasteiger partial charge in [0.1, 0.15) is 0 Å². The fraction of sp³-hybridized carbons (Fsp3) is 0.588. The molecule has 1 aliphatic rings. The summed E-state index contributed by atoms with van der Waals surface area (Å²) in [6.07, 6.45) is 1.30. The summed E-state index contributed by atoms with van der Waals surface area (Å²) in [4.78, 5) is 12.4. The Labute approximate surface area is 148 Å². The molecule has 0 unspecified atom stereocenters. The average Bonchev–Trinajstić information content (AvgIpc) is 2.59. The number of amides is 1. The molecule has 1 aromatic carbocycles. The summed E-state index contributed by atoms with van der Waals surface area (Å²) in [6, 6.07) is 6.30. The Bertz CT molecular complexity index is 692.